The van der Waals surface area contributed by atoms with Crippen molar-refractivity contribution in [3.8, 4) is 5.75 Å². The highest BCUT2D eigenvalue weighted by Crippen LogP contribution is 2.48. The summed E-state index contributed by atoms with van der Waals surface area (Å²) in [7, 11) is 1.74. The molecule has 1 aliphatic carbocycles. The molecule has 0 heterocycles. The Hall–Kier alpha value is -1.02. The monoisotopic (exact) mass is 233 g/mol. The van der Waals surface area contributed by atoms with Gasteiger partial charge in [0.05, 0.1) is 7.11 Å². The van der Waals surface area contributed by atoms with Crippen molar-refractivity contribution in [2.45, 2.75) is 44.4 Å². The van der Waals surface area contributed by atoms with Crippen LogP contribution in [-0.4, -0.2) is 13.7 Å². The topological polar surface area (TPSA) is 35.2 Å². The second kappa shape index (κ2) is 4.02. The Morgan fingerprint density at radius 2 is 1.94 bits per heavy atom. The van der Waals surface area contributed by atoms with Crippen LogP contribution in [0.5, 0.6) is 5.75 Å². The fourth-order valence-electron chi connectivity index (χ4n) is 2.39. The summed E-state index contributed by atoms with van der Waals surface area (Å²) < 4.78 is 5.46. The molecule has 2 rings (SSSR count). The predicted molar refractivity (Wildman–Crippen MR) is 71.7 cm³/mol. The van der Waals surface area contributed by atoms with Crippen LogP contribution in [0.3, 0.4) is 0 Å². The molecule has 0 radical (unpaired) electrons. The molecule has 0 aliphatic heterocycles. The quantitative estimate of drug-likeness (QED) is 0.871. The molecule has 2 N–H and O–H groups in total. The molecule has 0 aromatic heterocycles. The van der Waals surface area contributed by atoms with Crippen LogP contribution in [0.1, 0.15) is 44.7 Å². The Kier molecular flexibility index (Phi) is 2.94. The molecule has 17 heavy (non-hydrogen) atoms. The molecule has 1 saturated carbocycles. The lowest BCUT2D eigenvalue weighted by molar-refractivity contribution is 0.397. The maximum absolute atomic E-state index is 5.90. The molecule has 1 fully saturated rings. The third-order valence-electron chi connectivity index (χ3n) is 3.86. The van der Waals surface area contributed by atoms with Gasteiger partial charge in [-0.25, -0.2) is 0 Å². The Morgan fingerprint density at radius 3 is 2.35 bits per heavy atom. The van der Waals surface area contributed by atoms with Gasteiger partial charge in [-0.05, 0) is 35.4 Å². The normalized spacial score (nSPS) is 17.9. The smallest absolute Gasteiger partial charge is 0.122 e. The van der Waals surface area contributed by atoms with Gasteiger partial charge < -0.3 is 10.5 Å². The van der Waals surface area contributed by atoms with E-state index in [1.54, 1.807) is 7.11 Å². The number of benzene rings is 1. The SMILES string of the molecule is COc1ccc(C2(CN)CC2)cc1C(C)(C)C. The standard InChI is InChI=1S/C15H23NO/c1-14(2,3)12-9-11(5-6-13(12)17-4)15(10-16)7-8-15/h5-6,9H,7-8,10,16H2,1-4H3. The average Bonchev–Trinajstić information content (AvgIpc) is 3.08. The zero-order valence-electron chi connectivity index (χ0n) is 11.3. The highest BCUT2D eigenvalue weighted by molar-refractivity contribution is 5.45. The molecule has 2 nitrogen and oxygen atoms in total. The highest BCUT2D eigenvalue weighted by atomic mass is 16.5. The van der Waals surface area contributed by atoms with Gasteiger partial charge in [-0.15, -0.1) is 0 Å². The first-order valence-electron chi connectivity index (χ1n) is 6.32. The summed E-state index contributed by atoms with van der Waals surface area (Å²) in [5.74, 6) is 0.981. The van der Waals surface area contributed by atoms with Crippen molar-refractivity contribution in [1.29, 1.82) is 0 Å². The van der Waals surface area contributed by atoms with Crippen molar-refractivity contribution >= 4 is 0 Å². The van der Waals surface area contributed by atoms with Gasteiger partial charge in [-0.2, -0.15) is 0 Å². The summed E-state index contributed by atoms with van der Waals surface area (Å²) in [6.07, 6.45) is 2.44. The average molecular weight is 233 g/mol. The number of methoxy groups -OCH3 is 1. The Balaban J connectivity index is 2.46. The molecule has 94 valence electrons. The van der Waals surface area contributed by atoms with Gasteiger partial charge in [-0.3, -0.25) is 0 Å². The summed E-state index contributed by atoms with van der Waals surface area (Å²) in [6.45, 7) is 7.41. The summed E-state index contributed by atoms with van der Waals surface area (Å²) in [5, 5.41) is 0. The predicted octanol–water partition coefficient (Wildman–Crippen LogP) is 2.98. The Morgan fingerprint density at radius 1 is 1.29 bits per heavy atom. The molecule has 1 aliphatic rings. The van der Waals surface area contributed by atoms with Crippen LogP contribution in [-0.2, 0) is 10.8 Å². The fourth-order valence-corrected chi connectivity index (χ4v) is 2.39. The van der Waals surface area contributed by atoms with E-state index in [4.69, 9.17) is 10.5 Å². The van der Waals surface area contributed by atoms with Gasteiger partial charge in [0.1, 0.15) is 5.75 Å². The van der Waals surface area contributed by atoms with Crippen molar-refractivity contribution in [3.05, 3.63) is 29.3 Å². The number of nitrogens with two attached hydrogens (primary N) is 1. The van der Waals surface area contributed by atoms with Crippen molar-refractivity contribution in [3.63, 3.8) is 0 Å². The van der Waals surface area contributed by atoms with Crippen molar-refractivity contribution < 1.29 is 4.74 Å². The third kappa shape index (κ3) is 2.19. The second-order valence-corrected chi connectivity index (χ2v) is 6.15. The lowest BCUT2D eigenvalue weighted by Crippen LogP contribution is -2.21. The van der Waals surface area contributed by atoms with E-state index >= 15 is 0 Å². The molecule has 0 saturated heterocycles. The Bertz CT molecular complexity index is 413. The largest absolute Gasteiger partial charge is 0.496 e. The number of hydrogen-bond acceptors (Lipinski definition) is 2. The van der Waals surface area contributed by atoms with Crippen molar-refractivity contribution in [2.75, 3.05) is 13.7 Å². The van der Waals surface area contributed by atoms with Crippen LogP contribution in [0.2, 0.25) is 0 Å². The van der Waals surface area contributed by atoms with Crippen LogP contribution < -0.4 is 10.5 Å². The van der Waals surface area contributed by atoms with E-state index in [0.717, 1.165) is 12.3 Å². The minimum absolute atomic E-state index is 0.103. The number of rotatable bonds is 3. The fraction of sp³-hybridized carbons (Fsp3) is 0.600. The molecule has 0 unspecified atom stereocenters. The van der Waals surface area contributed by atoms with Gasteiger partial charge in [-0.1, -0.05) is 32.9 Å². The Labute approximate surface area is 104 Å². The van der Waals surface area contributed by atoms with E-state index in [-0.39, 0.29) is 10.8 Å². The zero-order chi connectivity index (χ0) is 12.7. The molecule has 1 aromatic rings. The van der Waals surface area contributed by atoms with E-state index in [9.17, 15) is 0 Å². The van der Waals surface area contributed by atoms with Crippen LogP contribution in [0.25, 0.3) is 0 Å². The minimum Gasteiger partial charge on any atom is -0.496 e. The molecular weight excluding hydrogens is 210 g/mol. The minimum atomic E-state index is 0.103. The van der Waals surface area contributed by atoms with Crippen LogP contribution in [0, 0.1) is 0 Å². The van der Waals surface area contributed by atoms with Gasteiger partial charge >= 0.3 is 0 Å². The van der Waals surface area contributed by atoms with Crippen LogP contribution >= 0.6 is 0 Å². The molecule has 0 bridgehead atoms. The summed E-state index contributed by atoms with van der Waals surface area (Å²) >= 11 is 0. The molecule has 0 amide bonds. The first-order valence-corrected chi connectivity index (χ1v) is 6.32. The molecule has 0 atom stereocenters. The molecule has 1 aromatic carbocycles. The summed E-state index contributed by atoms with van der Waals surface area (Å²) in [5.41, 5.74) is 8.91. The first kappa shape index (κ1) is 12.4. The maximum Gasteiger partial charge on any atom is 0.122 e. The summed E-state index contributed by atoms with van der Waals surface area (Å²) in [6, 6.07) is 6.55. The zero-order valence-corrected chi connectivity index (χ0v) is 11.3. The maximum atomic E-state index is 5.90. The highest BCUT2D eigenvalue weighted by Gasteiger charge is 2.43. The van der Waals surface area contributed by atoms with Crippen molar-refractivity contribution in [2.24, 2.45) is 5.73 Å². The van der Waals surface area contributed by atoms with E-state index in [1.807, 2.05) is 0 Å². The van der Waals surface area contributed by atoms with Crippen molar-refractivity contribution in [1.82, 2.24) is 0 Å². The lowest BCUT2D eigenvalue weighted by Gasteiger charge is -2.24. The number of hydrogen-bond donors (Lipinski definition) is 1. The second-order valence-electron chi connectivity index (χ2n) is 6.15. The van der Waals surface area contributed by atoms with Crippen LogP contribution in [0.15, 0.2) is 18.2 Å². The van der Waals surface area contributed by atoms with Gasteiger partial charge in [0.15, 0.2) is 0 Å². The molecule has 0 spiro atoms. The van der Waals surface area contributed by atoms with E-state index in [0.29, 0.717) is 0 Å². The van der Waals surface area contributed by atoms with Gasteiger partial charge in [0.25, 0.3) is 0 Å². The van der Waals surface area contributed by atoms with Gasteiger partial charge in [0.2, 0.25) is 0 Å². The first-order chi connectivity index (χ1) is 7.93. The molecule has 2 heteroatoms. The van der Waals surface area contributed by atoms with Gasteiger partial charge in [0, 0.05) is 12.0 Å². The van der Waals surface area contributed by atoms with E-state index < -0.39 is 0 Å². The van der Waals surface area contributed by atoms with E-state index in [1.165, 1.54) is 24.0 Å². The third-order valence-corrected chi connectivity index (χ3v) is 3.86. The van der Waals surface area contributed by atoms with Crippen LogP contribution in [0.4, 0.5) is 0 Å². The van der Waals surface area contributed by atoms with E-state index in [2.05, 4.69) is 39.0 Å². The number of ether oxygens (including phenoxy) is 1. The lowest BCUT2D eigenvalue weighted by atomic mass is 9.83. The molecular formula is C15H23NO. The summed E-state index contributed by atoms with van der Waals surface area (Å²) in [4.78, 5) is 0.